The Morgan fingerprint density at radius 1 is 0.362 bits per heavy atom. The normalized spacial score (nSPS) is 11.8. The Hall–Kier alpha value is -7.54. The van der Waals surface area contributed by atoms with E-state index in [0.717, 1.165) is 76.8 Å². The quantitative estimate of drug-likeness (QED) is 0.164. The Balaban J connectivity index is 1.09. The molecule has 0 aliphatic heterocycles. The fourth-order valence-corrected chi connectivity index (χ4v) is 9.47. The van der Waals surface area contributed by atoms with Crippen LogP contribution in [0.1, 0.15) is 0 Å². The third-order valence-electron chi connectivity index (χ3n) is 11.1. The molecular formula is C52H30N4OS. The zero-order chi connectivity index (χ0) is 38.2. The van der Waals surface area contributed by atoms with Crippen molar-refractivity contribution in [3.05, 3.63) is 182 Å². The molecule has 270 valence electrons. The Morgan fingerprint density at radius 2 is 0.948 bits per heavy atom. The van der Waals surface area contributed by atoms with E-state index in [1.54, 1.807) is 11.3 Å². The number of fused-ring (bicyclic) bond motifs is 10. The van der Waals surface area contributed by atoms with Crippen LogP contribution in [0.15, 0.2) is 186 Å². The summed E-state index contributed by atoms with van der Waals surface area (Å²) in [6, 6.07) is 63.4. The number of rotatable bonds is 5. The second-order valence-electron chi connectivity index (χ2n) is 14.6. The zero-order valence-corrected chi connectivity index (χ0v) is 31.7. The lowest BCUT2D eigenvalue weighted by Gasteiger charge is -2.13. The molecule has 0 saturated heterocycles. The molecule has 3 heterocycles. The third-order valence-corrected chi connectivity index (χ3v) is 12.3. The molecule has 0 radical (unpaired) electrons. The van der Waals surface area contributed by atoms with Crippen molar-refractivity contribution >= 4 is 74.9 Å². The van der Waals surface area contributed by atoms with E-state index < -0.39 is 0 Å². The summed E-state index contributed by atoms with van der Waals surface area (Å²) in [7, 11) is 0. The Labute approximate surface area is 336 Å². The van der Waals surface area contributed by atoms with Gasteiger partial charge in [-0.3, -0.25) is 0 Å². The number of oxazole rings is 1. The van der Waals surface area contributed by atoms with E-state index in [1.807, 2.05) is 42.5 Å². The van der Waals surface area contributed by atoms with E-state index >= 15 is 0 Å². The van der Waals surface area contributed by atoms with Gasteiger partial charge in [0.25, 0.3) is 0 Å². The lowest BCUT2D eigenvalue weighted by Crippen LogP contribution is -2.01. The number of hydrogen-bond donors (Lipinski definition) is 0. The molecule has 0 N–H and O–H groups in total. The van der Waals surface area contributed by atoms with Gasteiger partial charge < -0.3 is 4.42 Å². The molecule has 0 saturated carbocycles. The topological polar surface area (TPSA) is 64.7 Å². The number of hydrogen-bond acceptors (Lipinski definition) is 6. The van der Waals surface area contributed by atoms with E-state index in [0.29, 0.717) is 23.4 Å². The lowest BCUT2D eigenvalue weighted by atomic mass is 9.96. The van der Waals surface area contributed by atoms with Crippen LogP contribution in [0.5, 0.6) is 0 Å². The van der Waals surface area contributed by atoms with E-state index in [4.69, 9.17) is 24.4 Å². The maximum atomic E-state index is 6.35. The number of thiophene rings is 1. The van der Waals surface area contributed by atoms with Crippen LogP contribution in [0, 0.1) is 0 Å². The first-order valence-electron chi connectivity index (χ1n) is 19.3. The van der Waals surface area contributed by atoms with E-state index in [9.17, 15) is 0 Å². The molecule has 0 atom stereocenters. The molecule has 12 aromatic rings. The molecule has 3 aromatic heterocycles. The molecule has 0 bridgehead atoms. The lowest BCUT2D eigenvalue weighted by molar-refractivity contribution is 0.620. The van der Waals surface area contributed by atoms with E-state index in [2.05, 4.69) is 140 Å². The predicted octanol–water partition coefficient (Wildman–Crippen LogP) is 14.2. The Bertz CT molecular complexity index is 3560. The van der Waals surface area contributed by atoms with E-state index in [1.165, 1.54) is 20.2 Å². The summed E-state index contributed by atoms with van der Waals surface area (Å²) in [6.07, 6.45) is 0. The van der Waals surface area contributed by atoms with Crippen LogP contribution >= 0.6 is 11.3 Å². The summed E-state index contributed by atoms with van der Waals surface area (Å²) in [5.41, 5.74) is 7.69. The van der Waals surface area contributed by atoms with Gasteiger partial charge in [0.2, 0.25) is 5.89 Å². The van der Waals surface area contributed by atoms with Gasteiger partial charge in [-0.15, -0.1) is 11.3 Å². The minimum absolute atomic E-state index is 0.612. The molecule has 0 spiro atoms. The highest BCUT2D eigenvalue weighted by molar-refractivity contribution is 7.26. The number of nitrogens with zero attached hydrogens (tertiary/aromatic N) is 4. The summed E-state index contributed by atoms with van der Waals surface area (Å²) < 4.78 is 8.71. The van der Waals surface area contributed by atoms with Crippen molar-refractivity contribution in [3.63, 3.8) is 0 Å². The van der Waals surface area contributed by atoms with Crippen LogP contribution in [0.25, 0.3) is 120 Å². The Morgan fingerprint density at radius 3 is 1.76 bits per heavy atom. The monoisotopic (exact) mass is 758 g/mol. The van der Waals surface area contributed by atoms with Crippen molar-refractivity contribution in [3.8, 4) is 56.7 Å². The van der Waals surface area contributed by atoms with Crippen LogP contribution < -0.4 is 0 Å². The Kier molecular flexibility index (Phi) is 7.33. The molecule has 0 fully saturated rings. The third kappa shape index (κ3) is 5.30. The van der Waals surface area contributed by atoms with Crippen molar-refractivity contribution in [2.75, 3.05) is 0 Å². The van der Waals surface area contributed by atoms with Crippen LogP contribution in [0.3, 0.4) is 0 Å². The van der Waals surface area contributed by atoms with Gasteiger partial charge in [0.05, 0.1) is 0 Å². The minimum atomic E-state index is 0.612. The SMILES string of the molecule is c1ccc(-c2ccc(-c3nc(-c4ccc5ccc6sc7ccc8oc(-c9ccccc9)nc8c7c6c5c4)nc(-c4cc5ccccc5c5ccccc45)n3)cc2)cc1. The maximum Gasteiger partial charge on any atom is 0.227 e. The van der Waals surface area contributed by atoms with Gasteiger partial charge in [-0.1, -0.05) is 140 Å². The van der Waals surface area contributed by atoms with Gasteiger partial charge in [-0.05, 0) is 85.9 Å². The fourth-order valence-electron chi connectivity index (χ4n) is 8.34. The number of aromatic nitrogens is 4. The summed E-state index contributed by atoms with van der Waals surface area (Å²) in [6.45, 7) is 0. The average molecular weight is 759 g/mol. The summed E-state index contributed by atoms with van der Waals surface area (Å²) >= 11 is 1.78. The van der Waals surface area contributed by atoms with Crippen molar-refractivity contribution < 1.29 is 4.42 Å². The van der Waals surface area contributed by atoms with Crippen molar-refractivity contribution in [1.29, 1.82) is 0 Å². The molecule has 0 unspecified atom stereocenters. The van der Waals surface area contributed by atoms with Gasteiger partial charge in [-0.2, -0.15) is 0 Å². The van der Waals surface area contributed by atoms with Gasteiger partial charge in [0.1, 0.15) is 5.52 Å². The summed E-state index contributed by atoms with van der Waals surface area (Å²) in [5, 5.41) is 9.11. The van der Waals surface area contributed by atoms with Crippen LogP contribution in [-0.2, 0) is 0 Å². The van der Waals surface area contributed by atoms with Crippen molar-refractivity contribution in [2.45, 2.75) is 0 Å². The summed E-state index contributed by atoms with van der Waals surface area (Å²) in [5.74, 6) is 2.48. The highest BCUT2D eigenvalue weighted by Gasteiger charge is 2.20. The predicted molar refractivity (Wildman–Crippen MR) is 240 cm³/mol. The van der Waals surface area contributed by atoms with Crippen molar-refractivity contribution in [2.24, 2.45) is 0 Å². The molecule has 9 aromatic carbocycles. The van der Waals surface area contributed by atoms with Gasteiger partial charge in [0, 0.05) is 42.4 Å². The second-order valence-corrected chi connectivity index (χ2v) is 15.7. The van der Waals surface area contributed by atoms with Gasteiger partial charge in [-0.25, -0.2) is 19.9 Å². The average Bonchev–Trinajstić information content (AvgIpc) is 3.91. The van der Waals surface area contributed by atoms with Gasteiger partial charge in [0.15, 0.2) is 23.1 Å². The van der Waals surface area contributed by atoms with Crippen molar-refractivity contribution in [1.82, 2.24) is 19.9 Å². The molecule has 12 rings (SSSR count). The van der Waals surface area contributed by atoms with Crippen LogP contribution in [-0.4, -0.2) is 19.9 Å². The van der Waals surface area contributed by atoms with Gasteiger partial charge >= 0.3 is 0 Å². The second kappa shape index (κ2) is 13.0. The first-order chi connectivity index (χ1) is 28.7. The molecule has 5 nitrogen and oxygen atoms in total. The summed E-state index contributed by atoms with van der Waals surface area (Å²) in [4.78, 5) is 20.8. The van der Waals surface area contributed by atoms with Crippen LogP contribution in [0.2, 0.25) is 0 Å². The largest absolute Gasteiger partial charge is 0.436 e. The molecule has 0 aliphatic carbocycles. The highest BCUT2D eigenvalue weighted by atomic mass is 32.1. The smallest absolute Gasteiger partial charge is 0.227 e. The highest BCUT2D eigenvalue weighted by Crippen LogP contribution is 2.44. The molecule has 58 heavy (non-hydrogen) atoms. The molecule has 0 aliphatic rings. The molecule has 0 amide bonds. The first kappa shape index (κ1) is 32.7. The standard InChI is InChI=1S/C52H30N4OS/c1-3-11-31(12-4-1)32-19-22-34(23-20-32)49-54-50(56-51(55-49)42-29-36-15-7-8-16-38(36)39-17-9-10-18-40(39)42)37-24-21-33-25-27-44-46(41(33)30-37)47-45(58-44)28-26-43-48(47)53-52(57-43)35-13-5-2-6-14-35/h1-30H. The number of benzene rings is 9. The fraction of sp³-hybridized carbons (Fsp3) is 0. The van der Waals surface area contributed by atoms with E-state index in [-0.39, 0.29) is 0 Å². The molecule has 6 heteroatoms. The first-order valence-corrected chi connectivity index (χ1v) is 20.1. The maximum absolute atomic E-state index is 6.35. The minimum Gasteiger partial charge on any atom is -0.436 e. The van der Waals surface area contributed by atoms with Crippen LogP contribution in [0.4, 0.5) is 0 Å². The molecular weight excluding hydrogens is 729 g/mol. The zero-order valence-electron chi connectivity index (χ0n) is 30.9.